The molecular weight excluding hydrogens is 650 g/mol. The second kappa shape index (κ2) is 9.85. The molecule has 0 spiro atoms. The highest BCUT2D eigenvalue weighted by Crippen LogP contribution is 2.66. The van der Waals surface area contributed by atoms with E-state index in [2.05, 4.69) is 146 Å². The van der Waals surface area contributed by atoms with E-state index in [1.54, 1.807) is 0 Å². The van der Waals surface area contributed by atoms with Gasteiger partial charge >= 0.3 is 0 Å². The summed E-state index contributed by atoms with van der Waals surface area (Å²) >= 11 is 7.00. The van der Waals surface area contributed by atoms with Crippen molar-refractivity contribution in [2.75, 3.05) is 4.90 Å². The molecule has 0 bridgehead atoms. The van der Waals surface area contributed by atoms with Crippen molar-refractivity contribution in [3.05, 3.63) is 179 Å². The third kappa shape index (κ3) is 3.34. The molecule has 7 aromatic rings. The van der Waals surface area contributed by atoms with E-state index in [-0.39, 0.29) is 0 Å². The first-order valence-electron chi connectivity index (χ1n) is 17.0. The molecule has 50 heavy (non-hydrogen) atoms. The quantitative estimate of drug-likeness (QED) is 0.173. The van der Waals surface area contributed by atoms with Crippen LogP contribution in [0.5, 0.6) is 23.0 Å². The molecule has 3 aliphatic heterocycles. The van der Waals surface area contributed by atoms with E-state index >= 15 is 0 Å². The van der Waals surface area contributed by atoms with Crippen LogP contribution >= 0.6 is 6.04 Å². The predicted octanol–water partition coefficient (Wildman–Crippen LogP) is 10.4. The summed E-state index contributed by atoms with van der Waals surface area (Å²) in [5, 5.41) is 3.28. The van der Waals surface area contributed by atoms with Crippen LogP contribution in [0.3, 0.4) is 0 Å². The van der Waals surface area contributed by atoms with Crippen LogP contribution in [0.15, 0.2) is 146 Å². The van der Waals surface area contributed by atoms with Gasteiger partial charge in [-0.25, -0.2) is 0 Å². The zero-order valence-electron chi connectivity index (χ0n) is 27.5. The van der Waals surface area contributed by atoms with Crippen molar-refractivity contribution in [3.63, 3.8) is 0 Å². The lowest BCUT2D eigenvalue weighted by atomic mass is 9.68. The number of benzene rings is 7. The minimum Gasteiger partial charge on any atom is -0.455 e. The fourth-order valence-corrected chi connectivity index (χ4v) is 14.2. The Morgan fingerprint density at radius 1 is 0.520 bits per heavy atom. The van der Waals surface area contributed by atoms with Crippen molar-refractivity contribution in [2.24, 2.45) is 0 Å². The van der Waals surface area contributed by atoms with Crippen LogP contribution in [-0.2, 0) is 17.2 Å². The molecule has 3 nitrogen and oxygen atoms in total. The smallest absolute Gasteiger partial charge is 0.141 e. The molecule has 1 aliphatic carbocycles. The molecule has 0 N–H and O–H groups in total. The highest BCUT2D eigenvalue weighted by atomic mass is 32.4. The van der Waals surface area contributed by atoms with Crippen molar-refractivity contribution in [3.8, 4) is 34.1 Å². The number of nitrogens with zero attached hydrogens (tertiary/aromatic N) is 1. The fourth-order valence-electron chi connectivity index (χ4n) is 9.07. The summed E-state index contributed by atoms with van der Waals surface area (Å²) in [4.78, 5) is 2.40. The maximum atomic E-state index is 7.00. The van der Waals surface area contributed by atoms with Crippen LogP contribution in [-0.4, -0.2) is 0 Å². The van der Waals surface area contributed by atoms with Gasteiger partial charge in [0.2, 0.25) is 0 Å². The lowest BCUT2D eigenvalue weighted by molar-refractivity contribution is 0.462. The Bertz CT molecular complexity index is 2540. The predicted molar refractivity (Wildman–Crippen MR) is 208 cm³/mol. The van der Waals surface area contributed by atoms with Crippen molar-refractivity contribution in [1.29, 1.82) is 0 Å². The number of fused-ring (bicyclic) bond motifs is 3. The van der Waals surface area contributed by atoms with Crippen LogP contribution in [0.25, 0.3) is 11.1 Å². The van der Waals surface area contributed by atoms with Crippen LogP contribution < -0.4 is 30.3 Å². The zero-order chi connectivity index (χ0) is 33.4. The van der Waals surface area contributed by atoms with Gasteiger partial charge in [-0.2, -0.15) is 0 Å². The summed E-state index contributed by atoms with van der Waals surface area (Å²) < 4.78 is 13.5. The van der Waals surface area contributed by atoms with E-state index < -0.39 is 11.5 Å². The van der Waals surface area contributed by atoms with Gasteiger partial charge < -0.3 is 14.4 Å². The molecule has 4 aliphatic rings. The molecule has 0 unspecified atom stereocenters. The number of anilines is 3. The third-order valence-corrected chi connectivity index (χ3v) is 16.0. The summed E-state index contributed by atoms with van der Waals surface area (Å²) in [6.07, 6.45) is 0. The highest BCUT2D eigenvalue weighted by molar-refractivity contribution is 8.26. The SMILES string of the molecule is Cc1ccc2c3c1Oc1cccc4c1P3(=S)c1c(ccc(C)c1O4)N2c1ccc2c(c1)-c1ccccc1C2(c1ccccc1)c1ccccc1. The van der Waals surface area contributed by atoms with Gasteiger partial charge in [0.05, 0.1) is 38.7 Å². The van der Waals surface area contributed by atoms with Gasteiger partial charge in [0.15, 0.2) is 0 Å². The number of aryl methyl sites for hydroxylation is 2. The molecule has 238 valence electrons. The first kappa shape index (κ1) is 28.4. The summed E-state index contributed by atoms with van der Waals surface area (Å²) in [5.74, 6) is 3.41. The molecule has 0 saturated carbocycles. The molecule has 5 heteroatoms. The van der Waals surface area contributed by atoms with E-state index in [0.717, 1.165) is 67.1 Å². The second-order valence-corrected chi connectivity index (χ2v) is 17.9. The van der Waals surface area contributed by atoms with Gasteiger partial charge in [-0.3, -0.25) is 0 Å². The van der Waals surface area contributed by atoms with Gasteiger partial charge in [-0.15, -0.1) is 0 Å². The normalized spacial score (nSPS) is 15.7. The standard InChI is InChI=1S/C45H30NO2PS/c1-27-20-24-36-42-40(27)47-38-18-11-19-39-44(38)49(42,50)43-37(25-21-28(2)41(43)48-39)46(36)31-22-23-35-33(26-31)32-16-9-10-17-34(32)45(35,29-12-5-3-6-13-29)30-14-7-4-8-15-30/h3-26H,1-2H3. The number of hydrogen-bond acceptors (Lipinski definition) is 4. The monoisotopic (exact) mass is 679 g/mol. The minimum absolute atomic E-state index is 0.454. The highest BCUT2D eigenvalue weighted by Gasteiger charge is 2.51. The van der Waals surface area contributed by atoms with Crippen LogP contribution in [0, 0.1) is 13.8 Å². The van der Waals surface area contributed by atoms with E-state index in [4.69, 9.17) is 21.3 Å². The molecule has 0 atom stereocenters. The van der Waals surface area contributed by atoms with Crippen LogP contribution in [0.2, 0.25) is 0 Å². The Labute approximate surface area is 296 Å². The molecular formula is C45H30NO2PS. The van der Waals surface area contributed by atoms with Crippen LogP contribution in [0.1, 0.15) is 33.4 Å². The molecule has 0 amide bonds. The zero-order valence-corrected chi connectivity index (χ0v) is 29.2. The Kier molecular flexibility index (Phi) is 5.60. The summed E-state index contributed by atoms with van der Waals surface area (Å²) in [6.45, 7) is 4.25. The molecule has 11 rings (SSSR count). The van der Waals surface area contributed by atoms with Gasteiger partial charge in [0.1, 0.15) is 23.0 Å². The number of hydrogen-bond donors (Lipinski definition) is 0. The van der Waals surface area contributed by atoms with Gasteiger partial charge in [-0.1, -0.05) is 121 Å². The Hall–Kier alpha value is -5.41. The molecule has 0 saturated heterocycles. The molecule has 0 fully saturated rings. The Morgan fingerprint density at radius 3 is 1.66 bits per heavy atom. The van der Waals surface area contributed by atoms with Crippen molar-refractivity contribution in [1.82, 2.24) is 0 Å². The average molecular weight is 680 g/mol. The second-order valence-electron chi connectivity index (χ2n) is 13.7. The summed E-state index contributed by atoms with van der Waals surface area (Å²) in [7, 11) is 0. The lowest BCUT2D eigenvalue weighted by Gasteiger charge is -2.46. The Morgan fingerprint density at radius 2 is 1.06 bits per heavy atom. The molecule has 0 aromatic heterocycles. The van der Waals surface area contributed by atoms with E-state index in [0.29, 0.717) is 0 Å². The maximum absolute atomic E-state index is 7.00. The lowest BCUT2D eigenvalue weighted by Crippen LogP contribution is -2.42. The van der Waals surface area contributed by atoms with E-state index in [1.165, 1.54) is 33.4 Å². The van der Waals surface area contributed by atoms with E-state index in [9.17, 15) is 0 Å². The third-order valence-electron chi connectivity index (χ3n) is 11.1. The Balaban J connectivity index is 1.21. The largest absolute Gasteiger partial charge is 0.455 e. The fraction of sp³-hybridized carbons (Fsp3) is 0.0667. The first-order chi connectivity index (χ1) is 24.5. The van der Waals surface area contributed by atoms with E-state index in [1.807, 2.05) is 18.2 Å². The summed E-state index contributed by atoms with van der Waals surface area (Å²) in [5.41, 5.74) is 12.6. The minimum atomic E-state index is -2.52. The molecule has 3 heterocycles. The van der Waals surface area contributed by atoms with Gasteiger partial charge in [0, 0.05) is 5.69 Å². The topological polar surface area (TPSA) is 21.7 Å². The van der Waals surface area contributed by atoms with Crippen molar-refractivity contribution < 1.29 is 9.47 Å². The van der Waals surface area contributed by atoms with Crippen molar-refractivity contribution >= 4 is 50.8 Å². The van der Waals surface area contributed by atoms with Gasteiger partial charge in [0.25, 0.3) is 0 Å². The average Bonchev–Trinajstić information content (AvgIpc) is 3.45. The first-order valence-corrected chi connectivity index (χ1v) is 19.8. The number of rotatable bonds is 3. The molecule has 0 radical (unpaired) electrons. The maximum Gasteiger partial charge on any atom is 0.141 e. The van der Waals surface area contributed by atoms with Crippen molar-refractivity contribution in [2.45, 2.75) is 19.3 Å². The molecule has 7 aromatic carbocycles. The van der Waals surface area contributed by atoms with Crippen LogP contribution in [0.4, 0.5) is 17.1 Å². The number of ether oxygens (including phenoxy) is 2. The van der Waals surface area contributed by atoms with Gasteiger partial charge in [-0.05, 0) is 94.8 Å². The summed E-state index contributed by atoms with van der Waals surface area (Å²) in [6, 6.07) is 50.3.